The third kappa shape index (κ3) is 5.19. The summed E-state index contributed by atoms with van der Waals surface area (Å²) in [6, 6.07) is 0.408. The molecule has 0 unspecified atom stereocenters. The SMILES string of the molecule is CC[C@H](CO)Nc1nc(NC2CCC(C)CC2)nc(N2CCCCC2)n1. The molecule has 0 aromatic carbocycles. The number of piperidine rings is 1. The molecule has 0 amide bonds. The van der Waals surface area contributed by atoms with Gasteiger partial charge in [0.15, 0.2) is 0 Å². The van der Waals surface area contributed by atoms with Crippen LogP contribution in [0.4, 0.5) is 17.8 Å². The van der Waals surface area contributed by atoms with Crippen LogP contribution in [-0.2, 0) is 0 Å². The molecule has 0 radical (unpaired) electrons. The van der Waals surface area contributed by atoms with E-state index in [9.17, 15) is 5.11 Å². The highest BCUT2D eigenvalue weighted by molar-refractivity contribution is 5.45. The zero-order valence-corrected chi connectivity index (χ0v) is 16.2. The van der Waals surface area contributed by atoms with E-state index in [0.717, 1.165) is 31.4 Å². The average Bonchev–Trinajstić information content (AvgIpc) is 2.68. The molecule has 2 heterocycles. The van der Waals surface area contributed by atoms with Crippen molar-refractivity contribution in [1.82, 2.24) is 15.0 Å². The molecule has 1 aromatic heterocycles. The summed E-state index contributed by atoms with van der Waals surface area (Å²) in [6.45, 7) is 6.45. The third-order valence-electron chi connectivity index (χ3n) is 5.66. The van der Waals surface area contributed by atoms with Gasteiger partial charge in [-0.25, -0.2) is 0 Å². The molecule has 3 rings (SSSR count). The normalized spacial score (nSPS) is 25.0. The van der Waals surface area contributed by atoms with Gasteiger partial charge in [0.2, 0.25) is 17.8 Å². The van der Waals surface area contributed by atoms with E-state index < -0.39 is 0 Å². The van der Waals surface area contributed by atoms with Gasteiger partial charge >= 0.3 is 0 Å². The zero-order chi connectivity index (χ0) is 18.4. The maximum Gasteiger partial charge on any atom is 0.231 e. The van der Waals surface area contributed by atoms with Crippen molar-refractivity contribution in [1.29, 1.82) is 0 Å². The molecule has 2 fully saturated rings. The Balaban J connectivity index is 1.77. The average molecular weight is 363 g/mol. The second kappa shape index (κ2) is 9.35. The van der Waals surface area contributed by atoms with Crippen LogP contribution >= 0.6 is 0 Å². The molecule has 1 saturated carbocycles. The topological polar surface area (TPSA) is 86.2 Å². The lowest BCUT2D eigenvalue weighted by atomic mass is 9.87. The second-order valence-electron chi connectivity index (χ2n) is 7.86. The molecule has 1 atom stereocenters. The summed E-state index contributed by atoms with van der Waals surface area (Å²) < 4.78 is 0. The number of nitrogens with one attached hydrogen (secondary N) is 2. The first-order chi connectivity index (χ1) is 12.7. The van der Waals surface area contributed by atoms with Crippen molar-refractivity contribution in [3.63, 3.8) is 0 Å². The van der Waals surface area contributed by atoms with E-state index in [1.165, 1.54) is 44.9 Å². The van der Waals surface area contributed by atoms with Gasteiger partial charge in [-0.15, -0.1) is 0 Å². The first kappa shape index (κ1) is 19.1. The van der Waals surface area contributed by atoms with Gasteiger partial charge in [-0.3, -0.25) is 0 Å². The van der Waals surface area contributed by atoms with E-state index in [-0.39, 0.29) is 12.6 Å². The number of aromatic nitrogens is 3. The maximum atomic E-state index is 9.50. The smallest absolute Gasteiger partial charge is 0.231 e. The molecule has 146 valence electrons. The second-order valence-corrected chi connectivity index (χ2v) is 7.86. The van der Waals surface area contributed by atoms with Crippen LogP contribution in [0, 0.1) is 5.92 Å². The highest BCUT2D eigenvalue weighted by atomic mass is 16.3. The summed E-state index contributed by atoms with van der Waals surface area (Å²) in [5, 5.41) is 16.3. The van der Waals surface area contributed by atoms with E-state index >= 15 is 0 Å². The molecule has 7 heteroatoms. The van der Waals surface area contributed by atoms with E-state index in [2.05, 4.69) is 32.4 Å². The Labute approximate surface area is 157 Å². The first-order valence-corrected chi connectivity index (χ1v) is 10.3. The van der Waals surface area contributed by atoms with Crippen LogP contribution in [0.2, 0.25) is 0 Å². The Morgan fingerprint density at radius 1 is 1.04 bits per heavy atom. The number of nitrogens with zero attached hydrogens (tertiary/aromatic N) is 4. The van der Waals surface area contributed by atoms with Gasteiger partial charge in [-0.05, 0) is 57.3 Å². The predicted octanol–water partition coefficient (Wildman–Crippen LogP) is 3.04. The van der Waals surface area contributed by atoms with Crippen LogP contribution < -0.4 is 15.5 Å². The molecular weight excluding hydrogens is 328 g/mol. The Bertz CT molecular complexity index is 551. The number of anilines is 3. The van der Waals surface area contributed by atoms with Crippen LogP contribution in [0.3, 0.4) is 0 Å². The zero-order valence-electron chi connectivity index (χ0n) is 16.2. The van der Waals surface area contributed by atoms with Crippen molar-refractivity contribution in [2.45, 2.75) is 77.3 Å². The number of aliphatic hydroxyl groups excluding tert-OH is 1. The van der Waals surface area contributed by atoms with Gasteiger partial charge in [-0.1, -0.05) is 13.8 Å². The molecule has 2 aliphatic rings. The summed E-state index contributed by atoms with van der Waals surface area (Å²) in [5.41, 5.74) is 0. The van der Waals surface area contributed by atoms with Crippen LogP contribution in [0.15, 0.2) is 0 Å². The van der Waals surface area contributed by atoms with Crippen molar-refractivity contribution in [3.05, 3.63) is 0 Å². The van der Waals surface area contributed by atoms with Crippen molar-refractivity contribution in [2.75, 3.05) is 35.2 Å². The molecule has 26 heavy (non-hydrogen) atoms. The third-order valence-corrected chi connectivity index (χ3v) is 5.66. The highest BCUT2D eigenvalue weighted by Gasteiger charge is 2.21. The van der Waals surface area contributed by atoms with Crippen molar-refractivity contribution >= 4 is 17.8 Å². The van der Waals surface area contributed by atoms with Crippen molar-refractivity contribution in [3.8, 4) is 0 Å². The molecule has 0 bridgehead atoms. The summed E-state index contributed by atoms with van der Waals surface area (Å²) >= 11 is 0. The highest BCUT2D eigenvalue weighted by Crippen LogP contribution is 2.26. The summed E-state index contributed by atoms with van der Waals surface area (Å²) in [6.07, 6.45) is 9.33. The van der Waals surface area contributed by atoms with E-state index in [4.69, 9.17) is 4.98 Å². The summed E-state index contributed by atoms with van der Waals surface area (Å²) in [5.74, 6) is 2.80. The molecule has 3 N–H and O–H groups in total. The van der Waals surface area contributed by atoms with E-state index in [1.54, 1.807) is 0 Å². The predicted molar refractivity (Wildman–Crippen MR) is 106 cm³/mol. The Morgan fingerprint density at radius 3 is 2.38 bits per heavy atom. The summed E-state index contributed by atoms with van der Waals surface area (Å²) in [4.78, 5) is 16.2. The fraction of sp³-hybridized carbons (Fsp3) is 0.842. The Morgan fingerprint density at radius 2 is 1.73 bits per heavy atom. The summed E-state index contributed by atoms with van der Waals surface area (Å²) in [7, 11) is 0. The molecular formula is C19H34N6O. The van der Waals surface area contributed by atoms with Crippen LogP contribution in [0.1, 0.15) is 65.2 Å². The van der Waals surface area contributed by atoms with Crippen molar-refractivity contribution in [2.24, 2.45) is 5.92 Å². The van der Waals surface area contributed by atoms with Crippen LogP contribution in [0.25, 0.3) is 0 Å². The lowest BCUT2D eigenvalue weighted by molar-refractivity contribution is 0.271. The van der Waals surface area contributed by atoms with E-state index in [1.807, 2.05) is 6.92 Å². The number of hydrogen-bond acceptors (Lipinski definition) is 7. The molecule has 1 aliphatic carbocycles. The van der Waals surface area contributed by atoms with Gasteiger partial charge in [0.25, 0.3) is 0 Å². The molecule has 1 saturated heterocycles. The molecule has 0 spiro atoms. The van der Waals surface area contributed by atoms with E-state index in [0.29, 0.717) is 17.9 Å². The van der Waals surface area contributed by atoms with Crippen LogP contribution in [0.5, 0.6) is 0 Å². The quantitative estimate of drug-likeness (QED) is 0.687. The molecule has 7 nitrogen and oxygen atoms in total. The largest absolute Gasteiger partial charge is 0.394 e. The van der Waals surface area contributed by atoms with Gasteiger partial charge in [0.05, 0.1) is 12.6 Å². The number of aliphatic hydroxyl groups is 1. The molecule has 1 aliphatic heterocycles. The minimum atomic E-state index is -0.0324. The van der Waals surface area contributed by atoms with Gasteiger partial charge in [-0.2, -0.15) is 15.0 Å². The standard InChI is InChI=1S/C19H34N6O/c1-3-15(13-26)20-17-22-18(21-16-9-7-14(2)8-10-16)24-19(23-17)25-11-5-4-6-12-25/h14-16,26H,3-13H2,1-2H3,(H2,20,21,22,23,24)/t14?,15-,16?/m1/s1. The van der Waals surface area contributed by atoms with Crippen molar-refractivity contribution < 1.29 is 5.11 Å². The fourth-order valence-electron chi connectivity index (χ4n) is 3.78. The fourth-order valence-corrected chi connectivity index (χ4v) is 3.78. The maximum absolute atomic E-state index is 9.50. The molecule has 1 aromatic rings. The lowest BCUT2D eigenvalue weighted by Crippen LogP contribution is -2.33. The van der Waals surface area contributed by atoms with Gasteiger partial charge in [0.1, 0.15) is 0 Å². The number of rotatable bonds is 7. The Kier molecular flexibility index (Phi) is 6.88. The number of hydrogen-bond donors (Lipinski definition) is 3. The minimum Gasteiger partial charge on any atom is -0.394 e. The monoisotopic (exact) mass is 362 g/mol. The van der Waals surface area contributed by atoms with Crippen LogP contribution in [-0.4, -0.2) is 51.8 Å². The Hall–Kier alpha value is -1.63. The first-order valence-electron chi connectivity index (χ1n) is 10.3. The lowest BCUT2D eigenvalue weighted by Gasteiger charge is -2.29. The van der Waals surface area contributed by atoms with Gasteiger partial charge < -0.3 is 20.6 Å². The minimum absolute atomic E-state index is 0.0324. The van der Waals surface area contributed by atoms with Gasteiger partial charge in [0, 0.05) is 19.1 Å².